The number of hydrogen-bond donors (Lipinski definition) is 1. The van der Waals surface area contributed by atoms with Gasteiger partial charge in [0.05, 0.1) is 18.1 Å². The number of ether oxygens (including phenoxy) is 1. The van der Waals surface area contributed by atoms with Crippen LogP contribution in [0.3, 0.4) is 0 Å². The molecule has 1 aromatic rings. The van der Waals surface area contributed by atoms with E-state index in [1.165, 1.54) is 17.4 Å². The lowest BCUT2D eigenvalue weighted by Gasteiger charge is -2.25. The molecular weight excluding hydrogens is 435 g/mol. The third-order valence-electron chi connectivity index (χ3n) is 5.96. The molecule has 1 atom stereocenters. The van der Waals surface area contributed by atoms with Gasteiger partial charge >= 0.3 is 6.03 Å². The molecule has 3 rings (SSSR count). The van der Waals surface area contributed by atoms with E-state index in [1.807, 2.05) is 6.92 Å². The van der Waals surface area contributed by atoms with Gasteiger partial charge in [-0.25, -0.2) is 17.6 Å². The summed E-state index contributed by atoms with van der Waals surface area (Å²) >= 11 is 0. The fraction of sp³-hybridized carbons (Fsp3) is 0.565. The molecule has 0 bridgehead atoms. The molecule has 1 saturated carbocycles. The third-order valence-corrected chi connectivity index (χ3v) is 7.82. The van der Waals surface area contributed by atoms with Gasteiger partial charge in [0.1, 0.15) is 0 Å². The molecule has 2 aliphatic rings. The zero-order valence-electron chi connectivity index (χ0n) is 18.4. The van der Waals surface area contributed by atoms with Crippen LogP contribution in [0.1, 0.15) is 50.5 Å². The largest absolute Gasteiger partial charge is 0.490 e. The molecule has 1 heterocycles. The quantitative estimate of drug-likeness (QED) is 0.505. The lowest BCUT2D eigenvalue weighted by atomic mass is 9.86. The number of hydrogen-bond acceptors (Lipinski definition) is 5. The van der Waals surface area contributed by atoms with Crippen LogP contribution in [0.2, 0.25) is 0 Å². The van der Waals surface area contributed by atoms with Crippen LogP contribution in [0.15, 0.2) is 30.4 Å². The molecule has 3 amide bonds. The topological polar surface area (TPSA) is 92.8 Å². The number of imide groups is 1. The van der Waals surface area contributed by atoms with Crippen LogP contribution in [0.25, 0.3) is 0 Å². The van der Waals surface area contributed by atoms with E-state index in [4.69, 9.17) is 4.74 Å². The minimum Gasteiger partial charge on any atom is -0.490 e. The molecule has 9 heteroatoms. The van der Waals surface area contributed by atoms with Crippen molar-refractivity contribution < 1.29 is 27.1 Å². The van der Waals surface area contributed by atoms with Gasteiger partial charge in [-0.05, 0) is 48.8 Å². The Balaban J connectivity index is 1.45. The molecule has 1 saturated heterocycles. The highest BCUT2D eigenvalue weighted by Crippen LogP contribution is 2.29. The Morgan fingerprint density at radius 3 is 2.75 bits per heavy atom. The molecule has 1 aliphatic carbocycles. The average Bonchev–Trinajstić information content (AvgIpc) is 2.69. The van der Waals surface area contributed by atoms with Gasteiger partial charge in [-0.1, -0.05) is 31.6 Å². The van der Waals surface area contributed by atoms with E-state index in [1.54, 1.807) is 24.3 Å². The van der Waals surface area contributed by atoms with Crippen LogP contribution in [0.5, 0.6) is 5.75 Å². The number of allylic oxidation sites excluding steroid dienone is 1. The number of benzene rings is 1. The summed E-state index contributed by atoms with van der Waals surface area (Å²) in [6, 6.07) is 4.13. The summed E-state index contributed by atoms with van der Waals surface area (Å²) in [4.78, 5) is 24.3. The number of sulfone groups is 1. The van der Waals surface area contributed by atoms with Crippen molar-refractivity contribution in [3.63, 3.8) is 0 Å². The highest BCUT2D eigenvalue weighted by molar-refractivity contribution is 7.91. The van der Waals surface area contributed by atoms with Crippen molar-refractivity contribution in [1.82, 2.24) is 10.2 Å². The molecule has 0 radical (unpaired) electrons. The van der Waals surface area contributed by atoms with E-state index in [0.717, 1.165) is 18.4 Å². The van der Waals surface area contributed by atoms with E-state index in [0.29, 0.717) is 32.0 Å². The second-order valence-corrected chi connectivity index (χ2v) is 10.9. The summed E-state index contributed by atoms with van der Waals surface area (Å²) in [7, 11) is -3.32. The summed E-state index contributed by atoms with van der Waals surface area (Å²) in [6.07, 6.45) is 7.47. The van der Waals surface area contributed by atoms with Crippen LogP contribution in [0.4, 0.5) is 9.18 Å². The zero-order chi connectivity index (χ0) is 23.1. The molecule has 0 spiro atoms. The summed E-state index contributed by atoms with van der Waals surface area (Å²) < 4.78 is 44.8. The average molecular weight is 467 g/mol. The second-order valence-electron chi connectivity index (χ2n) is 8.62. The van der Waals surface area contributed by atoms with Crippen LogP contribution < -0.4 is 10.1 Å². The minimum absolute atomic E-state index is 0.00917. The molecule has 0 unspecified atom stereocenters. The number of carbonyl (C=O) groups is 2. The summed E-state index contributed by atoms with van der Waals surface area (Å²) in [5, 5.41) is 2.24. The smallest absolute Gasteiger partial charge is 0.324 e. The maximum absolute atomic E-state index is 14.1. The van der Waals surface area contributed by atoms with E-state index < -0.39 is 21.7 Å². The maximum atomic E-state index is 14.1. The Kier molecular flexibility index (Phi) is 8.28. The molecule has 7 nitrogen and oxygen atoms in total. The molecular formula is C23H31FN2O5S. The molecule has 0 aromatic heterocycles. The summed E-state index contributed by atoms with van der Waals surface area (Å²) in [6.45, 7) is 2.99. The monoisotopic (exact) mass is 466 g/mol. The van der Waals surface area contributed by atoms with Gasteiger partial charge in [-0.2, -0.15) is 0 Å². The SMILES string of the molecule is C[C@@H](CS(=O)(=O)CC/C=C/CN1CCC(=O)NC1=O)c1ccc(F)c(OCC2CCC2)c1. The van der Waals surface area contributed by atoms with Crippen molar-refractivity contribution in [3.05, 3.63) is 41.7 Å². The predicted molar refractivity (Wildman–Crippen MR) is 120 cm³/mol. The molecule has 32 heavy (non-hydrogen) atoms. The first-order valence-corrected chi connectivity index (χ1v) is 12.9. The highest BCUT2D eigenvalue weighted by atomic mass is 32.2. The minimum atomic E-state index is -3.32. The standard InChI is InChI=1S/C23H31FN2O5S/c1-17(19-8-9-20(24)21(14-19)31-15-18-6-5-7-18)16-32(29,30)13-4-2-3-11-26-12-10-22(27)25-23(26)28/h2-3,8-9,14,17-18H,4-7,10-13,15-16H2,1H3,(H,25,27,28)/b3-2+/t17-/m0/s1. The van der Waals surface area contributed by atoms with Crippen molar-refractivity contribution in [2.75, 3.05) is 31.2 Å². The van der Waals surface area contributed by atoms with Crippen molar-refractivity contribution in [1.29, 1.82) is 0 Å². The van der Waals surface area contributed by atoms with Crippen LogP contribution in [0, 0.1) is 11.7 Å². The van der Waals surface area contributed by atoms with E-state index in [2.05, 4.69) is 5.32 Å². The summed E-state index contributed by atoms with van der Waals surface area (Å²) in [5.41, 5.74) is 0.736. The first-order chi connectivity index (χ1) is 15.2. The lowest BCUT2D eigenvalue weighted by Crippen LogP contribution is -2.49. The van der Waals surface area contributed by atoms with Gasteiger partial charge in [0.25, 0.3) is 0 Å². The number of rotatable bonds is 11. The Hall–Kier alpha value is -2.42. The van der Waals surface area contributed by atoms with E-state index in [9.17, 15) is 22.4 Å². The van der Waals surface area contributed by atoms with E-state index >= 15 is 0 Å². The third kappa shape index (κ3) is 7.05. The molecule has 176 valence electrons. The fourth-order valence-electron chi connectivity index (χ4n) is 3.70. The Labute approximate surface area is 188 Å². The number of amides is 3. The number of nitrogens with one attached hydrogen (secondary N) is 1. The van der Waals surface area contributed by atoms with Crippen molar-refractivity contribution in [3.8, 4) is 5.75 Å². The Morgan fingerprint density at radius 1 is 1.28 bits per heavy atom. The van der Waals surface area contributed by atoms with Crippen LogP contribution in [-0.2, 0) is 14.6 Å². The number of halogens is 1. The highest BCUT2D eigenvalue weighted by Gasteiger charge is 2.22. The van der Waals surface area contributed by atoms with Crippen molar-refractivity contribution in [2.24, 2.45) is 5.92 Å². The second kappa shape index (κ2) is 10.9. The Bertz CT molecular complexity index is 959. The van der Waals surface area contributed by atoms with Gasteiger partial charge in [-0.15, -0.1) is 0 Å². The Morgan fingerprint density at radius 2 is 2.06 bits per heavy atom. The van der Waals surface area contributed by atoms with Gasteiger partial charge in [0.2, 0.25) is 5.91 Å². The van der Waals surface area contributed by atoms with Crippen molar-refractivity contribution >= 4 is 21.8 Å². The predicted octanol–water partition coefficient (Wildman–Crippen LogP) is 3.41. The van der Waals surface area contributed by atoms with Gasteiger partial charge in [0.15, 0.2) is 21.4 Å². The molecule has 1 aromatic carbocycles. The zero-order valence-corrected chi connectivity index (χ0v) is 19.2. The maximum Gasteiger partial charge on any atom is 0.324 e. The van der Waals surface area contributed by atoms with Crippen LogP contribution >= 0.6 is 0 Å². The first-order valence-electron chi connectivity index (χ1n) is 11.1. The number of nitrogens with zero attached hydrogens (tertiary/aromatic N) is 1. The molecule has 1 aliphatic heterocycles. The fourth-order valence-corrected chi connectivity index (χ4v) is 5.32. The van der Waals surface area contributed by atoms with Gasteiger partial charge in [-0.3, -0.25) is 10.1 Å². The molecule has 1 N–H and O–H groups in total. The van der Waals surface area contributed by atoms with Crippen LogP contribution in [-0.4, -0.2) is 56.5 Å². The normalized spacial score (nSPS) is 18.5. The number of carbonyl (C=O) groups excluding carboxylic acids is 2. The van der Waals surface area contributed by atoms with Crippen molar-refractivity contribution in [2.45, 2.75) is 44.9 Å². The van der Waals surface area contributed by atoms with Gasteiger partial charge in [0, 0.05) is 19.5 Å². The number of urea groups is 1. The first kappa shape index (κ1) is 24.2. The molecule has 2 fully saturated rings. The summed E-state index contributed by atoms with van der Waals surface area (Å²) in [5.74, 6) is -0.379. The van der Waals surface area contributed by atoms with E-state index in [-0.39, 0.29) is 35.5 Å². The van der Waals surface area contributed by atoms with Gasteiger partial charge < -0.3 is 9.64 Å². The lowest BCUT2D eigenvalue weighted by molar-refractivity contribution is -0.121.